The van der Waals surface area contributed by atoms with E-state index in [1.165, 1.54) is 25.0 Å². The molecule has 3 rings (SSSR count). The Labute approximate surface area is 140 Å². The van der Waals surface area contributed by atoms with Gasteiger partial charge in [0, 0.05) is 11.1 Å². The van der Waals surface area contributed by atoms with E-state index in [4.69, 9.17) is 10.5 Å². The van der Waals surface area contributed by atoms with Gasteiger partial charge in [0.1, 0.15) is 5.75 Å². The first-order valence-corrected chi connectivity index (χ1v) is 8.10. The van der Waals surface area contributed by atoms with Gasteiger partial charge in [0.25, 0.3) is 5.91 Å². The second-order valence-corrected chi connectivity index (χ2v) is 5.92. The van der Waals surface area contributed by atoms with Crippen LogP contribution in [0.15, 0.2) is 48.5 Å². The Hall–Kier alpha value is -2.82. The van der Waals surface area contributed by atoms with E-state index >= 15 is 0 Å². The van der Waals surface area contributed by atoms with E-state index in [0.29, 0.717) is 22.6 Å². The average Bonchev–Trinajstić information content (AvgIpc) is 3.10. The lowest BCUT2D eigenvalue weighted by atomic mass is 10.1. The second kappa shape index (κ2) is 7.17. The number of amides is 2. The molecule has 2 aromatic rings. The van der Waals surface area contributed by atoms with E-state index in [1.807, 2.05) is 24.3 Å². The summed E-state index contributed by atoms with van der Waals surface area (Å²) >= 11 is 0. The Morgan fingerprint density at radius 2 is 1.58 bits per heavy atom. The molecule has 24 heavy (non-hydrogen) atoms. The SMILES string of the molecule is NC(=O)c1ccc(C(=O)Nc2ccccc2OC2CCCC2)cc1. The van der Waals surface area contributed by atoms with E-state index in [1.54, 1.807) is 12.1 Å². The molecule has 1 aliphatic carbocycles. The molecule has 1 aliphatic rings. The Morgan fingerprint density at radius 3 is 2.25 bits per heavy atom. The number of ether oxygens (including phenoxy) is 1. The summed E-state index contributed by atoms with van der Waals surface area (Å²) in [6.45, 7) is 0. The monoisotopic (exact) mass is 324 g/mol. The molecule has 2 amide bonds. The standard InChI is InChI=1S/C19H20N2O3/c20-18(22)13-9-11-14(12-10-13)19(23)21-16-7-3-4-8-17(16)24-15-5-1-2-6-15/h3-4,7-12,15H,1-2,5-6H2,(H2,20,22)(H,21,23). The van der Waals surface area contributed by atoms with Crippen molar-refractivity contribution in [2.75, 3.05) is 5.32 Å². The molecule has 2 aromatic carbocycles. The predicted molar refractivity (Wildman–Crippen MR) is 92.2 cm³/mol. The van der Waals surface area contributed by atoms with Gasteiger partial charge in [-0.15, -0.1) is 0 Å². The minimum atomic E-state index is -0.516. The summed E-state index contributed by atoms with van der Waals surface area (Å²) in [6.07, 6.45) is 4.70. The molecule has 5 nitrogen and oxygen atoms in total. The summed E-state index contributed by atoms with van der Waals surface area (Å²) in [5, 5.41) is 2.87. The minimum absolute atomic E-state index is 0.220. The predicted octanol–water partition coefficient (Wildman–Crippen LogP) is 3.36. The first kappa shape index (κ1) is 16.1. The fourth-order valence-corrected chi connectivity index (χ4v) is 2.84. The van der Waals surface area contributed by atoms with Crippen LogP contribution in [0, 0.1) is 0 Å². The first-order chi connectivity index (χ1) is 11.6. The van der Waals surface area contributed by atoms with Crippen molar-refractivity contribution in [3.63, 3.8) is 0 Å². The molecule has 5 heteroatoms. The van der Waals surface area contributed by atoms with Crippen molar-refractivity contribution in [1.29, 1.82) is 0 Å². The molecule has 0 bridgehead atoms. The number of carbonyl (C=O) groups is 2. The van der Waals surface area contributed by atoms with Gasteiger partial charge in [-0.25, -0.2) is 0 Å². The fourth-order valence-electron chi connectivity index (χ4n) is 2.84. The molecule has 0 heterocycles. The summed E-state index contributed by atoms with van der Waals surface area (Å²) < 4.78 is 6.02. The van der Waals surface area contributed by atoms with Gasteiger partial charge in [0.05, 0.1) is 11.8 Å². The lowest BCUT2D eigenvalue weighted by Gasteiger charge is -2.17. The zero-order chi connectivity index (χ0) is 16.9. The Bertz CT molecular complexity index is 735. The summed E-state index contributed by atoms with van der Waals surface area (Å²) in [7, 11) is 0. The number of benzene rings is 2. The van der Waals surface area contributed by atoms with Gasteiger partial charge in [-0.1, -0.05) is 12.1 Å². The number of anilines is 1. The summed E-state index contributed by atoms with van der Waals surface area (Å²) in [5.41, 5.74) is 6.68. The number of para-hydroxylation sites is 2. The highest BCUT2D eigenvalue weighted by atomic mass is 16.5. The van der Waals surface area contributed by atoms with Crippen molar-refractivity contribution < 1.29 is 14.3 Å². The van der Waals surface area contributed by atoms with Gasteiger partial charge in [-0.2, -0.15) is 0 Å². The topological polar surface area (TPSA) is 81.4 Å². The highest BCUT2D eigenvalue weighted by molar-refractivity contribution is 6.05. The maximum Gasteiger partial charge on any atom is 0.255 e. The van der Waals surface area contributed by atoms with Crippen LogP contribution in [-0.2, 0) is 0 Å². The number of hydrogen-bond donors (Lipinski definition) is 2. The maximum atomic E-state index is 12.4. The molecule has 3 N–H and O–H groups in total. The van der Waals surface area contributed by atoms with Crippen LogP contribution in [0.5, 0.6) is 5.75 Å². The fraction of sp³-hybridized carbons (Fsp3) is 0.263. The van der Waals surface area contributed by atoms with Gasteiger partial charge in [0.2, 0.25) is 5.91 Å². The number of primary amides is 1. The number of nitrogens with one attached hydrogen (secondary N) is 1. The summed E-state index contributed by atoms with van der Waals surface area (Å²) in [5.74, 6) is -0.0859. The molecule has 0 saturated heterocycles. The molecular weight excluding hydrogens is 304 g/mol. The first-order valence-electron chi connectivity index (χ1n) is 8.10. The van der Waals surface area contributed by atoms with Gasteiger partial charge in [0.15, 0.2) is 0 Å². The molecule has 0 atom stereocenters. The lowest BCUT2D eigenvalue weighted by Crippen LogP contribution is -2.16. The lowest BCUT2D eigenvalue weighted by molar-refractivity contribution is 0.0995. The maximum absolute atomic E-state index is 12.4. The minimum Gasteiger partial charge on any atom is -0.488 e. The quantitative estimate of drug-likeness (QED) is 0.885. The van der Waals surface area contributed by atoms with Gasteiger partial charge < -0.3 is 15.8 Å². The highest BCUT2D eigenvalue weighted by Crippen LogP contribution is 2.30. The summed E-state index contributed by atoms with van der Waals surface area (Å²) in [6, 6.07) is 13.7. The van der Waals surface area contributed by atoms with Crippen LogP contribution < -0.4 is 15.8 Å². The number of hydrogen-bond acceptors (Lipinski definition) is 3. The molecule has 1 saturated carbocycles. The molecule has 124 valence electrons. The molecule has 0 radical (unpaired) electrons. The normalized spacial score (nSPS) is 14.3. The van der Waals surface area contributed by atoms with Crippen LogP contribution in [0.1, 0.15) is 46.4 Å². The van der Waals surface area contributed by atoms with Crippen LogP contribution in [0.25, 0.3) is 0 Å². The van der Waals surface area contributed by atoms with Crippen LogP contribution in [0.4, 0.5) is 5.69 Å². The zero-order valence-electron chi connectivity index (χ0n) is 13.3. The number of nitrogens with two attached hydrogens (primary N) is 1. The second-order valence-electron chi connectivity index (χ2n) is 5.92. The van der Waals surface area contributed by atoms with E-state index in [9.17, 15) is 9.59 Å². The average molecular weight is 324 g/mol. The Morgan fingerprint density at radius 1 is 0.958 bits per heavy atom. The molecule has 1 fully saturated rings. The van der Waals surface area contributed by atoms with E-state index in [0.717, 1.165) is 12.8 Å². The van der Waals surface area contributed by atoms with Crippen molar-refractivity contribution in [3.05, 3.63) is 59.7 Å². The largest absolute Gasteiger partial charge is 0.488 e. The Balaban J connectivity index is 1.72. The van der Waals surface area contributed by atoms with Crippen LogP contribution in [0.3, 0.4) is 0 Å². The number of rotatable bonds is 5. The van der Waals surface area contributed by atoms with Crippen LogP contribution in [0.2, 0.25) is 0 Å². The van der Waals surface area contributed by atoms with Gasteiger partial charge >= 0.3 is 0 Å². The molecule has 0 unspecified atom stereocenters. The van der Waals surface area contributed by atoms with Crippen molar-refractivity contribution in [1.82, 2.24) is 0 Å². The zero-order valence-corrected chi connectivity index (χ0v) is 13.3. The highest BCUT2D eigenvalue weighted by Gasteiger charge is 2.18. The van der Waals surface area contributed by atoms with Crippen LogP contribution in [-0.4, -0.2) is 17.9 Å². The van der Waals surface area contributed by atoms with Crippen molar-refractivity contribution >= 4 is 17.5 Å². The van der Waals surface area contributed by atoms with Gasteiger partial charge in [-0.3, -0.25) is 9.59 Å². The number of carbonyl (C=O) groups excluding carboxylic acids is 2. The van der Waals surface area contributed by atoms with Gasteiger partial charge in [-0.05, 0) is 62.1 Å². The third kappa shape index (κ3) is 3.74. The van der Waals surface area contributed by atoms with Crippen molar-refractivity contribution in [2.24, 2.45) is 5.73 Å². The molecular formula is C19H20N2O3. The van der Waals surface area contributed by atoms with Crippen molar-refractivity contribution in [2.45, 2.75) is 31.8 Å². The van der Waals surface area contributed by atoms with E-state index < -0.39 is 5.91 Å². The third-order valence-electron chi connectivity index (χ3n) is 4.16. The smallest absolute Gasteiger partial charge is 0.255 e. The molecule has 0 aromatic heterocycles. The van der Waals surface area contributed by atoms with E-state index in [2.05, 4.69) is 5.32 Å². The van der Waals surface area contributed by atoms with E-state index in [-0.39, 0.29) is 12.0 Å². The Kier molecular flexibility index (Phi) is 4.79. The van der Waals surface area contributed by atoms with Crippen molar-refractivity contribution in [3.8, 4) is 5.75 Å². The summed E-state index contributed by atoms with van der Waals surface area (Å²) in [4.78, 5) is 23.5. The molecule has 0 aliphatic heterocycles. The third-order valence-corrected chi connectivity index (χ3v) is 4.16. The van der Waals surface area contributed by atoms with Crippen LogP contribution >= 0.6 is 0 Å². The molecule has 0 spiro atoms.